The second kappa shape index (κ2) is 59.2. The smallest absolute Gasteiger partial charge is 0.306 e. The zero-order chi connectivity index (χ0) is 51.4. The van der Waals surface area contributed by atoms with Crippen molar-refractivity contribution >= 4 is 17.9 Å². The molecular formula is C65H112O6. The summed E-state index contributed by atoms with van der Waals surface area (Å²) in [4.78, 5) is 38.2. The number of allylic oxidation sites excluding steroid dienone is 14. The van der Waals surface area contributed by atoms with Crippen LogP contribution in [-0.2, 0) is 28.6 Å². The number of carbonyl (C=O) groups excluding carboxylic acids is 3. The zero-order valence-electron chi connectivity index (χ0n) is 46.7. The van der Waals surface area contributed by atoms with Gasteiger partial charge in [0.2, 0.25) is 0 Å². The summed E-state index contributed by atoms with van der Waals surface area (Å²) in [6.45, 7) is 6.48. The largest absolute Gasteiger partial charge is 0.462 e. The Morgan fingerprint density at radius 3 is 0.930 bits per heavy atom. The number of esters is 3. The first-order chi connectivity index (χ1) is 35.0. The standard InChI is InChI=1S/C65H112O6/c1-4-7-10-13-16-19-22-25-28-31-32-35-37-40-43-46-49-52-55-58-64(67)70-61-62(71-65(68)59-56-53-50-47-44-41-38-34-30-27-24-21-18-15-12-9-6-3)60-69-63(66)57-54-51-48-45-42-39-36-33-29-26-23-20-17-14-11-8-5-2/h9,12,16,18-19,21,25,27-28,30,38,41,47,50,62H,4-8,10-11,13-15,17,20,22-24,26,29,31-37,39-40,42-46,48-49,51-61H2,1-3H3/b12-9-,19-16-,21-18-,28-25-,30-27-,41-38-,50-47-/t62-/m1/s1. The molecule has 0 saturated carbocycles. The van der Waals surface area contributed by atoms with Gasteiger partial charge in [0.15, 0.2) is 6.10 Å². The van der Waals surface area contributed by atoms with Crippen LogP contribution in [0.1, 0.15) is 290 Å². The van der Waals surface area contributed by atoms with Crippen LogP contribution >= 0.6 is 0 Å². The molecule has 0 aliphatic rings. The van der Waals surface area contributed by atoms with Crippen molar-refractivity contribution in [2.45, 2.75) is 297 Å². The summed E-state index contributed by atoms with van der Waals surface area (Å²) in [5.41, 5.74) is 0. The van der Waals surface area contributed by atoms with Crippen molar-refractivity contribution in [1.82, 2.24) is 0 Å². The minimum Gasteiger partial charge on any atom is -0.462 e. The first-order valence-corrected chi connectivity index (χ1v) is 30.1. The number of carbonyl (C=O) groups is 3. The molecule has 0 aliphatic heterocycles. The minimum atomic E-state index is -0.807. The molecule has 0 rings (SSSR count). The highest BCUT2D eigenvalue weighted by Crippen LogP contribution is 2.16. The maximum atomic E-state index is 12.9. The highest BCUT2D eigenvalue weighted by atomic mass is 16.6. The Kier molecular flexibility index (Phi) is 56.3. The maximum absolute atomic E-state index is 12.9. The second-order valence-electron chi connectivity index (χ2n) is 19.9. The van der Waals surface area contributed by atoms with Gasteiger partial charge in [-0.1, -0.05) is 266 Å². The molecule has 0 aromatic heterocycles. The summed E-state index contributed by atoms with van der Waals surface area (Å²) < 4.78 is 16.9. The molecule has 0 radical (unpaired) electrons. The molecular weight excluding hydrogens is 877 g/mol. The highest BCUT2D eigenvalue weighted by molar-refractivity contribution is 5.71. The molecule has 408 valence electrons. The van der Waals surface area contributed by atoms with Gasteiger partial charge in [-0.2, -0.15) is 0 Å². The lowest BCUT2D eigenvalue weighted by Crippen LogP contribution is -2.30. The van der Waals surface area contributed by atoms with Crippen molar-refractivity contribution < 1.29 is 28.6 Å². The molecule has 0 amide bonds. The molecule has 1 atom stereocenters. The van der Waals surface area contributed by atoms with Crippen LogP contribution in [-0.4, -0.2) is 37.2 Å². The molecule has 0 spiro atoms. The third-order valence-corrected chi connectivity index (χ3v) is 12.9. The number of rotatable bonds is 54. The summed E-state index contributed by atoms with van der Waals surface area (Å²) >= 11 is 0. The summed E-state index contributed by atoms with van der Waals surface area (Å²) in [5, 5.41) is 0. The molecule has 71 heavy (non-hydrogen) atoms. The summed E-state index contributed by atoms with van der Waals surface area (Å²) in [6, 6.07) is 0. The Balaban J connectivity index is 4.45. The molecule has 0 saturated heterocycles. The van der Waals surface area contributed by atoms with E-state index in [-0.39, 0.29) is 37.5 Å². The predicted octanol–water partition coefficient (Wildman–Crippen LogP) is 20.3. The van der Waals surface area contributed by atoms with Crippen LogP contribution < -0.4 is 0 Å². The van der Waals surface area contributed by atoms with E-state index in [1.54, 1.807) is 0 Å². The zero-order valence-corrected chi connectivity index (χ0v) is 46.7. The Bertz CT molecular complexity index is 1370. The van der Waals surface area contributed by atoms with Crippen molar-refractivity contribution in [2.75, 3.05) is 13.2 Å². The van der Waals surface area contributed by atoms with Gasteiger partial charge in [0.1, 0.15) is 13.2 Å². The molecule has 0 aromatic carbocycles. The van der Waals surface area contributed by atoms with Crippen molar-refractivity contribution in [2.24, 2.45) is 0 Å². The number of hydrogen-bond donors (Lipinski definition) is 0. The lowest BCUT2D eigenvalue weighted by molar-refractivity contribution is -0.167. The predicted molar refractivity (Wildman–Crippen MR) is 307 cm³/mol. The van der Waals surface area contributed by atoms with Gasteiger partial charge in [-0.15, -0.1) is 0 Å². The normalized spacial score (nSPS) is 12.7. The molecule has 0 N–H and O–H groups in total. The van der Waals surface area contributed by atoms with Crippen molar-refractivity contribution in [3.63, 3.8) is 0 Å². The molecule has 6 nitrogen and oxygen atoms in total. The third kappa shape index (κ3) is 57.4. The average Bonchev–Trinajstić information content (AvgIpc) is 3.37. The van der Waals surface area contributed by atoms with Gasteiger partial charge in [0.25, 0.3) is 0 Å². The van der Waals surface area contributed by atoms with Crippen LogP contribution in [0.5, 0.6) is 0 Å². The topological polar surface area (TPSA) is 78.9 Å². The molecule has 0 bridgehead atoms. The van der Waals surface area contributed by atoms with Gasteiger partial charge in [-0.3, -0.25) is 14.4 Å². The van der Waals surface area contributed by atoms with E-state index >= 15 is 0 Å². The van der Waals surface area contributed by atoms with Crippen molar-refractivity contribution in [1.29, 1.82) is 0 Å². The quantitative estimate of drug-likeness (QED) is 0.0261. The molecule has 6 heteroatoms. The van der Waals surface area contributed by atoms with Gasteiger partial charge in [0, 0.05) is 19.3 Å². The Hall–Kier alpha value is -3.41. The van der Waals surface area contributed by atoms with Crippen LogP contribution in [0, 0.1) is 0 Å². The summed E-state index contributed by atoms with van der Waals surface area (Å²) in [7, 11) is 0. The van der Waals surface area contributed by atoms with Crippen LogP contribution in [0.25, 0.3) is 0 Å². The first-order valence-electron chi connectivity index (χ1n) is 30.1. The Morgan fingerprint density at radius 1 is 0.296 bits per heavy atom. The highest BCUT2D eigenvalue weighted by Gasteiger charge is 2.19. The Labute approximate surface area is 439 Å². The molecule has 0 aromatic rings. The van der Waals surface area contributed by atoms with E-state index in [0.717, 1.165) is 83.5 Å². The molecule has 0 fully saturated rings. The van der Waals surface area contributed by atoms with E-state index in [9.17, 15) is 14.4 Å². The van der Waals surface area contributed by atoms with Gasteiger partial charge in [0.05, 0.1) is 0 Å². The van der Waals surface area contributed by atoms with Crippen LogP contribution in [0.2, 0.25) is 0 Å². The van der Waals surface area contributed by atoms with Crippen LogP contribution in [0.3, 0.4) is 0 Å². The fraction of sp³-hybridized carbons (Fsp3) is 0.738. The van der Waals surface area contributed by atoms with Gasteiger partial charge in [-0.05, 0) is 89.9 Å². The number of hydrogen-bond acceptors (Lipinski definition) is 6. The monoisotopic (exact) mass is 989 g/mol. The fourth-order valence-corrected chi connectivity index (χ4v) is 8.39. The number of unbranched alkanes of at least 4 members (excludes halogenated alkanes) is 29. The van der Waals surface area contributed by atoms with Gasteiger partial charge < -0.3 is 14.2 Å². The van der Waals surface area contributed by atoms with E-state index < -0.39 is 6.10 Å². The number of ether oxygens (including phenoxy) is 3. The fourth-order valence-electron chi connectivity index (χ4n) is 8.39. The third-order valence-electron chi connectivity index (χ3n) is 12.9. The lowest BCUT2D eigenvalue weighted by Gasteiger charge is -2.18. The summed E-state index contributed by atoms with van der Waals surface area (Å²) in [5.74, 6) is -0.951. The van der Waals surface area contributed by atoms with Gasteiger partial charge in [-0.25, -0.2) is 0 Å². The van der Waals surface area contributed by atoms with Crippen LogP contribution in [0.4, 0.5) is 0 Å². The SMILES string of the molecule is CC/C=C\C/C=C\C/C=C\C/C=C\C/C=C\CCCC(=O)O[C@@H](COC(=O)CCCCCCCCCCC/C=C\C/C=C\CCCCC)COC(=O)CCCCCCCCCCCCCCCCCCC. The van der Waals surface area contributed by atoms with Gasteiger partial charge >= 0.3 is 17.9 Å². The molecule has 0 aliphatic carbocycles. The van der Waals surface area contributed by atoms with E-state index in [4.69, 9.17) is 14.2 Å². The minimum absolute atomic E-state index is 0.0981. The Morgan fingerprint density at radius 2 is 0.563 bits per heavy atom. The van der Waals surface area contributed by atoms with E-state index in [0.29, 0.717) is 19.3 Å². The van der Waals surface area contributed by atoms with Crippen molar-refractivity contribution in [3.05, 3.63) is 85.1 Å². The molecule has 0 unspecified atom stereocenters. The average molecular weight is 990 g/mol. The van der Waals surface area contributed by atoms with E-state index in [1.807, 2.05) is 0 Å². The van der Waals surface area contributed by atoms with E-state index in [1.165, 1.54) is 161 Å². The first kappa shape index (κ1) is 67.6. The van der Waals surface area contributed by atoms with E-state index in [2.05, 4.69) is 106 Å². The lowest BCUT2D eigenvalue weighted by atomic mass is 10.0. The maximum Gasteiger partial charge on any atom is 0.306 e. The summed E-state index contributed by atoms with van der Waals surface area (Å²) in [6.07, 6.45) is 77.2. The van der Waals surface area contributed by atoms with Crippen molar-refractivity contribution in [3.8, 4) is 0 Å². The molecule has 0 heterocycles. The second-order valence-corrected chi connectivity index (χ2v) is 19.9. The van der Waals surface area contributed by atoms with Crippen LogP contribution in [0.15, 0.2) is 85.1 Å².